The summed E-state index contributed by atoms with van der Waals surface area (Å²) >= 11 is 0. The number of benzene rings is 1. The van der Waals surface area contributed by atoms with E-state index >= 15 is 0 Å². The molecule has 9 heteroatoms. The molecule has 0 bridgehead atoms. The molecule has 0 amide bonds. The van der Waals surface area contributed by atoms with Crippen molar-refractivity contribution < 1.29 is 13.9 Å². The number of nitrogens with two attached hydrogens (primary N) is 1. The molecule has 0 saturated heterocycles. The molecule has 0 fully saturated rings. The van der Waals surface area contributed by atoms with E-state index in [4.69, 9.17) is 19.6 Å². The normalized spacial score (nSPS) is 10.7. The van der Waals surface area contributed by atoms with Crippen LogP contribution in [-0.2, 0) is 6.54 Å². The van der Waals surface area contributed by atoms with Crippen molar-refractivity contribution in [1.82, 2.24) is 9.55 Å². The number of nitrogen functional groups attached to an aromatic ring is 1. The van der Waals surface area contributed by atoms with Gasteiger partial charge in [0.1, 0.15) is 17.5 Å². The molecule has 160 valence electrons. The Kier molecular flexibility index (Phi) is 5.35. The topological polar surface area (TPSA) is 133 Å². The van der Waals surface area contributed by atoms with Gasteiger partial charge in [-0.1, -0.05) is 0 Å². The Labute approximate surface area is 181 Å². The van der Waals surface area contributed by atoms with Crippen LogP contribution in [0, 0.1) is 11.3 Å². The minimum atomic E-state index is -0.551. The molecule has 0 atom stereocenters. The maximum absolute atomic E-state index is 12.6. The van der Waals surface area contributed by atoms with Crippen molar-refractivity contribution in [2.75, 3.05) is 20.0 Å². The summed E-state index contributed by atoms with van der Waals surface area (Å²) < 4.78 is 17.4. The molecule has 0 saturated carbocycles. The van der Waals surface area contributed by atoms with Crippen molar-refractivity contribution in [2.24, 2.45) is 0 Å². The molecule has 32 heavy (non-hydrogen) atoms. The van der Waals surface area contributed by atoms with E-state index in [1.807, 2.05) is 6.07 Å². The number of methoxy groups -OCH3 is 2. The average molecular weight is 430 g/mol. The van der Waals surface area contributed by atoms with E-state index in [1.165, 1.54) is 37.1 Å². The Morgan fingerprint density at radius 3 is 2.56 bits per heavy atom. The van der Waals surface area contributed by atoms with Crippen LogP contribution in [0.5, 0.6) is 11.5 Å². The first-order chi connectivity index (χ1) is 15.4. The van der Waals surface area contributed by atoms with Crippen molar-refractivity contribution >= 4 is 16.8 Å². The quantitative estimate of drug-likeness (QED) is 0.478. The van der Waals surface area contributed by atoms with E-state index in [0.29, 0.717) is 39.2 Å². The SMILES string of the molecule is COc1cc2oc(=O)cc(Cn3cc(-c4cnc(N)c(C#N)c4)ccc3=O)c2cc1OC. The largest absolute Gasteiger partial charge is 0.493 e. The Hall–Kier alpha value is -4.58. The summed E-state index contributed by atoms with van der Waals surface area (Å²) in [6, 6.07) is 11.3. The molecule has 3 aromatic heterocycles. The number of hydrogen-bond acceptors (Lipinski definition) is 8. The lowest BCUT2D eigenvalue weighted by molar-refractivity contribution is 0.355. The van der Waals surface area contributed by atoms with Crippen LogP contribution in [0.15, 0.2) is 62.8 Å². The first-order valence-corrected chi connectivity index (χ1v) is 9.48. The van der Waals surface area contributed by atoms with Crippen LogP contribution in [0.3, 0.4) is 0 Å². The Bertz CT molecular complexity index is 1500. The lowest BCUT2D eigenvalue weighted by atomic mass is 10.1. The maximum atomic E-state index is 12.6. The van der Waals surface area contributed by atoms with Crippen molar-refractivity contribution in [2.45, 2.75) is 6.54 Å². The number of fused-ring (bicyclic) bond motifs is 1. The summed E-state index contributed by atoms with van der Waals surface area (Å²) in [5, 5.41) is 9.82. The zero-order chi connectivity index (χ0) is 22.8. The molecular formula is C23H18N4O5. The summed E-state index contributed by atoms with van der Waals surface area (Å²) in [7, 11) is 2.99. The van der Waals surface area contributed by atoms with Gasteiger partial charge < -0.3 is 24.2 Å². The van der Waals surface area contributed by atoms with Gasteiger partial charge in [-0.3, -0.25) is 4.79 Å². The van der Waals surface area contributed by atoms with Crippen molar-refractivity contribution in [3.05, 3.63) is 80.7 Å². The van der Waals surface area contributed by atoms with E-state index in [0.717, 1.165) is 0 Å². The Morgan fingerprint density at radius 1 is 1.09 bits per heavy atom. The fourth-order valence-electron chi connectivity index (χ4n) is 3.42. The molecule has 0 aliphatic carbocycles. The van der Waals surface area contributed by atoms with Gasteiger partial charge in [0.15, 0.2) is 11.5 Å². The molecule has 4 rings (SSSR count). The van der Waals surface area contributed by atoms with Crippen LogP contribution in [0.1, 0.15) is 11.1 Å². The summed E-state index contributed by atoms with van der Waals surface area (Å²) in [4.78, 5) is 28.7. The number of anilines is 1. The smallest absolute Gasteiger partial charge is 0.336 e. The molecule has 0 radical (unpaired) electrons. The number of nitriles is 1. The first kappa shape index (κ1) is 20.7. The third-order valence-corrected chi connectivity index (χ3v) is 5.03. The highest BCUT2D eigenvalue weighted by Gasteiger charge is 2.14. The molecule has 1 aromatic carbocycles. The zero-order valence-electron chi connectivity index (χ0n) is 17.3. The van der Waals surface area contributed by atoms with Gasteiger partial charge in [-0.2, -0.15) is 5.26 Å². The summed E-state index contributed by atoms with van der Waals surface area (Å²) in [6.07, 6.45) is 3.17. The van der Waals surface area contributed by atoms with Crippen LogP contribution in [-0.4, -0.2) is 23.8 Å². The number of pyridine rings is 2. The molecule has 4 aromatic rings. The van der Waals surface area contributed by atoms with Gasteiger partial charge in [-0.15, -0.1) is 0 Å². The first-order valence-electron chi connectivity index (χ1n) is 9.48. The number of aromatic nitrogens is 2. The van der Waals surface area contributed by atoms with Gasteiger partial charge in [0.2, 0.25) is 0 Å². The third-order valence-electron chi connectivity index (χ3n) is 5.03. The predicted molar refractivity (Wildman–Crippen MR) is 118 cm³/mol. The zero-order valence-corrected chi connectivity index (χ0v) is 17.3. The van der Waals surface area contributed by atoms with Crippen LogP contribution < -0.4 is 26.4 Å². The van der Waals surface area contributed by atoms with Crippen LogP contribution in [0.4, 0.5) is 5.82 Å². The van der Waals surface area contributed by atoms with Gasteiger partial charge in [0.25, 0.3) is 5.56 Å². The van der Waals surface area contributed by atoms with Gasteiger partial charge in [0, 0.05) is 41.5 Å². The average Bonchev–Trinajstić information content (AvgIpc) is 2.79. The standard InChI is InChI=1S/C23H18N4O5/c1-30-19-7-17-16(6-22(29)32-18(17)8-20(19)31-2)12-27-11-13(3-4-21(27)28)15-5-14(9-24)23(25)26-10-15/h3-8,10-11H,12H2,1-2H3,(H2,25,26). The van der Waals surface area contributed by atoms with Gasteiger partial charge in [0.05, 0.1) is 26.3 Å². The number of hydrogen-bond donors (Lipinski definition) is 1. The minimum absolute atomic E-state index is 0.109. The lowest BCUT2D eigenvalue weighted by Gasteiger charge is -2.13. The summed E-state index contributed by atoms with van der Waals surface area (Å²) in [5.41, 5.74) is 7.32. The Balaban J connectivity index is 1.83. The lowest BCUT2D eigenvalue weighted by Crippen LogP contribution is -2.20. The van der Waals surface area contributed by atoms with E-state index in [1.54, 1.807) is 30.5 Å². The summed E-state index contributed by atoms with van der Waals surface area (Å²) in [5.74, 6) is 1.02. The molecule has 0 aliphatic rings. The number of rotatable bonds is 5. The second kappa shape index (κ2) is 8.28. The molecule has 3 heterocycles. The van der Waals surface area contributed by atoms with E-state index < -0.39 is 5.63 Å². The van der Waals surface area contributed by atoms with Gasteiger partial charge >= 0.3 is 5.63 Å². The van der Waals surface area contributed by atoms with Crippen molar-refractivity contribution in [3.63, 3.8) is 0 Å². The number of nitrogens with zero attached hydrogens (tertiary/aromatic N) is 3. The van der Waals surface area contributed by atoms with Crippen LogP contribution >= 0.6 is 0 Å². The predicted octanol–water partition coefficient (Wildman–Crippen LogP) is 2.54. The minimum Gasteiger partial charge on any atom is -0.493 e. The molecule has 9 nitrogen and oxygen atoms in total. The highest BCUT2D eigenvalue weighted by atomic mass is 16.5. The van der Waals surface area contributed by atoms with E-state index in [-0.39, 0.29) is 23.5 Å². The second-order valence-corrected chi connectivity index (χ2v) is 6.95. The third kappa shape index (κ3) is 3.77. The second-order valence-electron chi connectivity index (χ2n) is 6.95. The van der Waals surface area contributed by atoms with Crippen molar-refractivity contribution in [3.8, 4) is 28.7 Å². The molecular weight excluding hydrogens is 412 g/mol. The summed E-state index contributed by atoms with van der Waals surface area (Å²) in [6.45, 7) is 0.109. The van der Waals surface area contributed by atoms with Crippen LogP contribution in [0.2, 0.25) is 0 Å². The van der Waals surface area contributed by atoms with Crippen LogP contribution in [0.25, 0.3) is 22.1 Å². The van der Waals surface area contributed by atoms with Gasteiger partial charge in [-0.25, -0.2) is 9.78 Å². The Morgan fingerprint density at radius 2 is 1.84 bits per heavy atom. The van der Waals surface area contributed by atoms with Gasteiger partial charge in [-0.05, 0) is 29.3 Å². The fraction of sp³-hybridized carbons (Fsp3) is 0.130. The molecule has 0 aliphatic heterocycles. The van der Waals surface area contributed by atoms with E-state index in [9.17, 15) is 14.9 Å². The highest BCUT2D eigenvalue weighted by Crippen LogP contribution is 2.33. The maximum Gasteiger partial charge on any atom is 0.336 e. The molecule has 2 N–H and O–H groups in total. The highest BCUT2D eigenvalue weighted by molar-refractivity contribution is 5.84. The molecule has 0 unspecified atom stereocenters. The monoisotopic (exact) mass is 430 g/mol. The van der Waals surface area contributed by atoms with E-state index in [2.05, 4.69) is 4.98 Å². The number of ether oxygens (including phenoxy) is 2. The fourth-order valence-corrected chi connectivity index (χ4v) is 3.42. The molecule has 0 spiro atoms. The van der Waals surface area contributed by atoms with Crippen molar-refractivity contribution in [1.29, 1.82) is 5.26 Å².